The van der Waals surface area contributed by atoms with Crippen molar-refractivity contribution in [2.45, 2.75) is 11.4 Å². The largest absolute Gasteiger partial charge is 0.267 e. The highest BCUT2D eigenvalue weighted by Crippen LogP contribution is 2.29. The lowest BCUT2D eigenvalue weighted by Gasteiger charge is -2.25. The highest BCUT2D eigenvalue weighted by atomic mass is 35.5. The maximum absolute atomic E-state index is 14.2. The SMILES string of the molecule is O=S(=O)(c1ccccc1F)N(Cc1ccccc1F)c1cccc(Cl)c1. The molecule has 3 nitrogen and oxygen atoms in total. The zero-order valence-electron chi connectivity index (χ0n) is 13.4. The van der Waals surface area contributed by atoms with Crippen LogP contribution in [0.15, 0.2) is 77.7 Å². The Morgan fingerprint density at radius 2 is 1.50 bits per heavy atom. The Morgan fingerprint density at radius 1 is 0.846 bits per heavy atom. The van der Waals surface area contributed by atoms with E-state index in [1.165, 1.54) is 48.5 Å². The molecular weight excluding hydrogens is 380 g/mol. The number of hydrogen-bond donors (Lipinski definition) is 0. The van der Waals surface area contributed by atoms with E-state index in [0.717, 1.165) is 10.4 Å². The van der Waals surface area contributed by atoms with Gasteiger partial charge in [0.05, 0.1) is 12.2 Å². The quantitative estimate of drug-likeness (QED) is 0.610. The molecule has 0 aliphatic rings. The second kappa shape index (κ2) is 7.43. The van der Waals surface area contributed by atoms with Gasteiger partial charge in [-0.1, -0.05) is 48.0 Å². The Balaban J connectivity index is 2.15. The number of benzene rings is 3. The average molecular weight is 394 g/mol. The molecule has 0 heterocycles. The Labute approximate surface area is 155 Å². The van der Waals surface area contributed by atoms with Gasteiger partial charge in [0.2, 0.25) is 0 Å². The van der Waals surface area contributed by atoms with E-state index < -0.39 is 26.6 Å². The molecule has 3 rings (SSSR count). The molecule has 0 saturated carbocycles. The van der Waals surface area contributed by atoms with Gasteiger partial charge in [-0.15, -0.1) is 0 Å². The number of sulfonamides is 1. The molecule has 134 valence electrons. The number of hydrogen-bond acceptors (Lipinski definition) is 2. The minimum atomic E-state index is -4.28. The van der Waals surface area contributed by atoms with E-state index in [9.17, 15) is 17.2 Å². The van der Waals surface area contributed by atoms with Crippen molar-refractivity contribution >= 4 is 27.3 Å². The maximum atomic E-state index is 14.2. The number of halogens is 3. The highest BCUT2D eigenvalue weighted by molar-refractivity contribution is 7.92. The molecule has 0 N–H and O–H groups in total. The van der Waals surface area contributed by atoms with E-state index in [1.54, 1.807) is 18.2 Å². The van der Waals surface area contributed by atoms with Gasteiger partial charge >= 0.3 is 0 Å². The average Bonchev–Trinajstić information content (AvgIpc) is 2.61. The van der Waals surface area contributed by atoms with Crippen LogP contribution in [0.25, 0.3) is 0 Å². The molecule has 0 aromatic heterocycles. The van der Waals surface area contributed by atoms with Crippen molar-refractivity contribution < 1.29 is 17.2 Å². The fourth-order valence-corrected chi connectivity index (χ4v) is 4.19. The number of anilines is 1. The molecule has 3 aromatic rings. The van der Waals surface area contributed by atoms with E-state index in [-0.39, 0.29) is 17.8 Å². The molecular formula is C19H14ClF2NO2S. The molecule has 0 radical (unpaired) electrons. The molecule has 0 spiro atoms. The molecule has 7 heteroatoms. The van der Waals surface area contributed by atoms with Crippen molar-refractivity contribution in [1.29, 1.82) is 0 Å². The third-order valence-electron chi connectivity index (χ3n) is 3.77. The lowest BCUT2D eigenvalue weighted by Crippen LogP contribution is -2.31. The summed E-state index contributed by atoms with van der Waals surface area (Å²) in [4.78, 5) is -0.490. The van der Waals surface area contributed by atoms with Crippen LogP contribution in [-0.2, 0) is 16.6 Å². The zero-order chi connectivity index (χ0) is 18.7. The third kappa shape index (κ3) is 3.71. The minimum absolute atomic E-state index is 0.160. The molecule has 0 saturated heterocycles. The smallest absolute Gasteiger partial charge is 0.262 e. The first-order valence-corrected chi connectivity index (χ1v) is 9.47. The van der Waals surface area contributed by atoms with Crippen LogP contribution in [0.5, 0.6) is 0 Å². The molecule has 0 amide bonds. The first-order chi connectivity index (χ1) is 12.4. The Hall–Kier alpha value is -2.44. The van der Waals surface area contributed by atoms with Crippen LogP contribution in [-0.4, -0.2) is 8.42 Å². The summed E-state index contributed by atoms with van der Waals surface area (Å²) in [5.74, 6) is -1.43. The van der Waals surface area contributed by atoms with Crippen LogP contribution < -0.4 is 4.31 Å². The second-order valence-corrected chi connectivity index (χ2v) is 7.78. The summed E-state index contributed by atoms with van der Waals surface area (Å²) in [5.41, 5.74) is 0.372. The predicted octanol–water partition coefficient (Wildman–Crippen LogP) is 5.01. The van der Waals surface area contributed by atoms with Crippen LogP contribution in [0.3, 0.4) is 0 Å². The number of rotatable bonds is 5. The van der Waals surface area contributed by atoms with Crippen LogP contribution in [0.1, 0.15) is 5.56 Å². The van der Waals surface area contributed by atoms with Gasteiger partial charge < -0.3 is 0 Å². The van der Waals surface area contributed by atoms with Gasteiger partial charge in [0.1, 0.15) is 16.5 Å². The fraction of sp³-hybridized carbons (Fsp3) is 0.0526. The van der Waals surface area contributed by atoms with Crippen LogP contribution in [0.4, 0.5) is 14.5 Å². The van der Waals surface area contributed by atoms with Crippen molar-refractivity contribution in [2.75, 3.05) is 4.31 Å². The Kier molecular flexibility index (Phi) is 5.25. The summed E-state index contributed by atoms with van der Waals surface area (Å²) < 4.78 is 55.4. The normalized spacial score (nSPS) is 11.3. The van der Waals surface area contributed by atoms with Gasteiger partial charge in [0, 0.05) is 10.6 Å². The van der Waals surface area contributed by atoms with Gasteiger partial charge in [-0.05, 0) is 36.4 Å². The predicted molar refractivity (Wildman–Crippen MR) is 97.6 cm³/mol. The molecule has 26 heavy (non-hydrogen) atoms. The number of nitrogens with zero attached hydrogens (tertiary/aromatic N) is 1. The third-order valence-corrected chi connectivity index (χ3v) is 5.81. The molecule has 0 aliphatic carbocycles. The lowest BCUT2D eigenvalue weighted by atomic mass is 10.2. The van der Waals surface area contributed by atoms with Gasteiger partial charge in [0.15, 0.2) is 0 Å². The van der Waals surface area contributed by atoms with Gasteiger partial charge in [-0.3, -0.25) is 4.31 Å². The van der Waals surface area contributed by atoms with E-state index in [1.807, 2.05) is 0 Å². The van der Waals surface area contributed by atoms with Crippen molar-refractivity contribution in [1.82, 2.24) is 0 Å². The van der Waals surface area contributed by atoms with E-state index in [0.29, 0.717) is 5.02 Å². The topological polar surface area (TPSA) is 37.4 Å². The lowest BCUT2D eigenvalue weighted by molar-refractivity contribution is 0.561. The van der Waals surface area contributed by atoms with Crippen LogP contribution in [0, 0.1) is 11.6 Å². The standard InChI is InChI=1S/C19H14ClF2NO2S/c20-15-7-5-8-16(12-15)23(13-14-6-1-2-9-17(14)21)26(24,25)19-11-4-3-10-18(19)22/h1-12H,13H2. The maximum Gasteiger partial charge on any atom is 0.267 e. The van der Waals surface area contributed by atoms with E-state index in [4.69, 9.17) is 11.6 Å². The van der Waals surface area contributed by atoms with Gasteiger partial charge in [0.25, 0.3) is 10.0 Å². The highest BCUT2D eigenvalue weighted by Gasteiger charge is 2.28. The summed E-state index contributed by atoms with van der Waals surface area (Å²) in [6.45, 7) is -0.302. The van der Waals surface area contributed by atoms with Crippen LogP contribution >= 0.6 is 11.6 Å². The molecule has 0 bridgehead atoms. The Morgan fingerprint density at radius 3 is 2.15 bits per heavy atom. The second-order valence-electron chi connectivity index (χ2n) is 5.51. The van der Waals surface area contributed by atoms with E-state index in [2.05, 4.69) is 0 Å². The zero-order valence-corrected chi connectivity index (χ0v) is 15.0. The van der Waals surface area contributed by atoms with Gasteiger partial charge in [-0.25, -0.2) is 17.2 Å². The molecule has 0 fully saturated rings. The monoisotopic (exact) mass is 393 g/mol. The van der Waals surface area contributed by atoms with Gasteiger partial charge in [-0.2, -0.15) is 0 Å². The van der Waals surface area contributed by atoms with Crippen LogP contribution in [0.2, 0.25) is 5.02 Å². The van der Waals surface area contributed by atoms with Crippen molar-refractivity contribution in [3.63, 3.8) is 0 Å². The molecule has 0 aliphatic heterocycles. The summed E-state index contributed by atoms with van der Waals surface area (Å²) in [5, 5.41) is 0.310. The summed E-state index contributed by atoms with van der Waals surface area (Å²) >= 11 is 5.98. The fourth-order valence-electron chi connectivity index (χ4n) is 2.50. The van der Waals surface area contributed by atoms with E-state index >= 15 is 0 Å². The van der Waals surface area contributed by atoms with Crippen molar-refractivity contribution in [3.05, 3.63) is 95.0 Å². The minimum Gasteiger partial charge on any atom is -0.262 e. The molecule has 3 aromatic carbocycles. The summed E-state index contributed by atoms with van der Waals surface area (Å²) in [6, 6.07) is 17.0. The first kappa shape index (κ1) is 18.4. The molecule has 0 unspecified atom stereocenters. The Bertz CT molecular complexity index is 1040. The van der Waals surface area contributed by atoms with Crippen molar-refractivity contribution in [3.8, 4) is 0 Å². The van der Waals surface area contributed by atoms with Crippen molar-refractivity contribution in [2.24, 2.45) is 0 Å². The first-order valence-electron chi connectivity index (χ1n) is 7.66. The summed E-state index contributed by atoms with van der Waals surface area (Å²) in [6.07, 6.45) is 0. The summed E-state index contributed by atoms with van der Waals surface area (Å²) in [7, 11) is -4.28. The molecule has 0 atom stereocenters.